The number of rotatable bonds is 3. The van der Waals surface area contributed by atoms with Crippen molar-refractivity contribution in [2.45, 2.75) is 19.4 Å². The van der Waals surface area contributed by atoms with E-state index in [1.165, 1.54) is 0 Å². The van der Waals surface area contributed by atoms with Crippen LogP contribution in [0.4, 0.5) is 0 Å². The fourth-order valence-electron chi connectivity index (χ4n) is 0.340. The molecule has 0 fully saturated rings. The van der Waals surface area contributed by atoms with Gasteiger partial charge < -0.3 is 11.2 Å². The van der Waals surface area contributed by atoms with Gasteiger partial charge in [0.1, 0.15) is 0 Å². The molecule has 0 bridgehead atoms. The van der Waals surface area contributed by atoms with E-state index >= 15 is 0 Å². The van der Waals surface area contributed by atoms with Crippen molar-refractivity contribution in [3.63, 3.8) is 0 Å². The first-order valence-electron chi connectivity index (χ1n) is 2.95. The van der Waals surface area contributed by atoms with Crippen LogP contribution >= 0.6 is 0 Å². The number of hydrogen-bond donors (Lipinski definition) is 3. The highest BCUT2D eigenvalue weighted by molar-refractivity contribution is 4.96. The minimum Gasteiger partial charge on any atom is -0.329 e. The van der Waals surface area contributed by atoms with Gasteiger partial charge in [0.15, 0.2) is 0 Å². The molecule has 0 heterocycles. The van der Waals surface area contributed by atoms with Gasteiger partial charge in [-0.15, -0.1) is 0 Å². The Bertz CT molecular complexity index is 91.0. The van der Waals surface area contributed by atoms with Crippen LogP contribution < -0.4 is 16.6 Å². The highest BCUT2D eigenvalue weighted by Crippen LogP contribution is 1.95. The molecule has 0 aromatic rings. The zero-order valence-corrected chi connectivity index (χ0v) is 6.23. The Labute approximate surface area is 56.3 Å². The van der Waals surface area contributed by atoms with E-state index in [0.29, 0.717) is 0 Å². The summed E-state index contributed by atoms with van der Waals surface area (Å²) in [6.07, 6.45) is 3.66. The maximum absolute atomic E-state index is 5.62. The van der Waals surface area contributed by atoms with Crippen LogP contribution in [0.3, 0.4) is 0 Å². The average Bonchev–Trinajstić information content (AvgIpc) is 1.63. The Morgan fingerprint density at radius 3 is 2.33 bits per heavy atom. The zero-order chi connectivity index (χ0) is 7.33. The Hall–Kier alpha value is -0.540. The van der Waals surface area contributed by atoms with Gasteiger partial charge in [-0.1, -0.05) is 0 Å². The van der Waals surface area contributed by atoms with E-state index in [1.807, 2.05) is 19.9 Å². The summed E-state index contributed by atoms with van der Waals surface area (Å²) < 4.78 is 0. The summed E-state index contributed by atoms with van der Waals surface area (Å²) >= 11 is 0. The number of hydrazine groups is 1. The van der Waals surface area contributed by atoms with E-state index in [-0.39, 0.29) is 5.54 Å². The first kappa shape index (κ1) is 8.46. The Morgan fingerprint density at radius 2 is 2.00 bits per heavy atom. The third-order valence-corrected chi connectivity index (χ3v) is 0.741. The molecular weight excluding hydrogens is 114 g/mol. The first-order chi connectivity index (χ1) is 4.06. The van der Waals surface area contributed by atoms with Crippen LogP contribution in [-0.2, 0) is 0 Å². The van der Waals surface area contributed by atoms with Gasteiger partial charge in [-0.05, 0) is 19.9 Å². The summed E-state index contributed by atoms with van der Waals surface area (Å²) in [6, 6.07) is 0. The predicted octanol–water partition coefficient (Wildman–Crippen LogP) is -0.0386. The second kappa shape index (κ2) is 3.48. The highest BCUT2D eigenvalue weighted by atomic mass is 15.3. The lowest BCUT2D eigenvalue weighted by molar-refractivity contribution is 0.638. The molecule has 0 aliphatic heterocycles. The summed E-state index contributed by atoms with van der Waals surface area (Å²) in [4.78, 5) is 0. The van der Waals surface area contributed by atoms with Crippen LogP contribution in [0.15, 0.2) is 12.3 Å². The molecule has 4 N–H and O–H groups in total. The predicted molar refractivity (Wildman–Crippen MR) is 39.6 cm³/mol. The van der Waals surface area contributed by atoms with E-state index in [0.717, 1.165) is 0 Å². The lowest BCUT2D eigenvalue weighted by Gasteiger charge is -2.11. The standard InChI is InChI=1S/C6H15N3/c1-6(2,7)4-5-9-8-3/h4-5,8-9H,7H2,1-3H3/b5-4-. The second-order valence-electron chi connectivity index (χ2n) is 2.55. The second-order valence-corrected chi connectivity index (χ2v) is 2.55. The summed E-state index contributed by atoms with van der Waals surface area (Å²) in [6.45, 7) is 3.86. The zero-order valence-electron chi connectivity index (χ0n) is 6.23. The van der Waals surface area contributed by atoms with Crippen molar-refractivity contribution in [2.75, 3.05) is 7.05 Å². The largest absolute Gasteiger partial charge is 0.329 e. The Balaban J connectivity index is 3.45. The van der Waals surface area contributed by atoms with Crippen molar-refractivity contribution < 1.29 is 0 Å². The van der Waals surface area contributed by atoms with Crippen molar-refractivity contribution in [2.24, 2.45) is 5.73 Å². The molecule has 0 atom stereocenters. The van der Waals surface area contributed by atoms with Crippen LogP contribution in [0.2, 0.25) is 0 Å². The minimum absolute atomic E-state index is 0.232. The van der Waals surface area contributed by atoms with Gasteiger partial charge in [0.25, 0.3) is 0 Å². The van der Waals surface area contributed by atoms with Crippen LogP contribution in [0.1, 0.15) is 13.8 Å². The van der Waals surface area contributed by atoms with E-state index in [1.54, 1.807) is 13.2 Å². The van der Waals surface area contributed by atoms with Crippen LogP contribution in [-0.4, -0.2) is 12.6 Å². The molecule has 0 aromatic heterocycles. The lowest BCUT2D eigenvalue weighted by Crippen LogP contribution is -2.30. The highest BCUT2D eigenvalue weighted by Gasteiger charge is 2.02. The molecule has 0 aromatic carbocycles. The smallest absolute Gasteiger partial charge is 0.0299 e. The van der Waals surface area contributed by atoms with Crippen LogP contribution in [0.5, 0.6) is 0 Å². The third kappa shape index (κ3) is 7.46. The molecular formula is C6H15N3. The monoisotopic (exact) mass is 129 g/mol. The number of hydrogen-bond acceptors (Lipinski definition) is 3. The van der Waals surface area contributed by atoms with Crippen molar-refractivity contribution in [3.05, 3.63) is 12.3 Å². The first-order valence-corrected chi connectivity index (χ1v) is 2.95. The minimum atomic E-state index is -0.232. The van der Waals surface area contributed by atoms with E-state index in [4.69, 9.17) is 5.73 Å². The molecule has 0 aliphatic carbocycles. The molecule has 0 spiro atoms. The molecule has 54 valence electrons. The van der Waals surface area contributed by atoms with E-state index < -0.39 is 0 Å². The van der Waals surface area contributed by atoms with Gasteiger partial charge in [0.05, 0.1) is 0 Å². The van der Waals surface area contributed by atoms with Crippen molar-refractivity contribution in [3.8, 4) is 0 Å². The van der Waals surface area contributed by atoms with Crippen molar-refractivity contribution in [1.82, 2.24) is 10.9 Å². The molecule has 3 nitrogen and oxygen atoms in total. The molecule has 0 rings (SSSR count). The SMILES string of the molecule is CNN/C=C\C(C)(C)N. The molecule has 0 unspecified atom stereocenters. The summed E-state index contributed by atoms with van der Waals surface area (Å²) in [5, 5.41) is 0. The fraction of sp³-hybridized carbons (Fsp3) is 0.667. The fourth-order valence-corrected chi connectivity index (χ4v) is 0.340. The molecule has 0 amide bonds. The van der Waals surface area contributed by atoms with Crippen LogP contribution in [0, 0.1) is 0 Å². The van der Waals surface area contributed by atoms with E-state index in [2.05, 4.69) is 10.9 Å². The summed E-state index contributed by atoms with van der Waals surface area (Å²) in [5.74, 6) is 0. The Kier molecular flexibility index (Phi) is 3.27. The van der Waals surface area contributed by atoms with Crippen molar-refractivity contribution >= 4 is 0 Å². The maximum atomic E-state index is 5.62. The summed E-state index contributed by atoms with van der Waals surface area (Å²) in [7, 11) is 1.80. The average molecular weight is 129 g/mol. The van der Waals surface area contributed by atoms with Gasteiger partial charge in [0.2, 0.25) is 0 Å². The van der Waals surface area contributed by atoms with Gasteiger partial charge >= 0.3 is 0 Å². The number of nitrogens with two attached hydrogens (primary N) is 1. The van der Waals surface area contributed by atoms with Gasteiger partial charge in [-0.3, -0.25) is 0 Å². The quantitative estimate of drug-likeness (QED) is 0.469. The molecule has 9 heavy (non-hydrogen) atoms. The molecule has 0 radical (unpaired) electrons. The maximum Gasteiger partial charge on any atom is 0.0299 e. The lowest BCUT2D eigenvalue weighted by atomic mass is 10.1. The molecule has 0 saturated heterocycles. The van der Waals surface area contributed by atoms with Crippen molar-refractivity contribution in [1.29, 1.82) is 0 Å². The molecule has 0 saturated carbocycles. The number of nitrogens with one attached hydrogen (secondary N) is 2. The molecule has 3 heteroatoms. The summed E-state index contributed by atoms with van der Waals surface area (Å²) in [5.41, 5.74) is 10.9. The van der Waals surface area contributed by atoms with Gasteiger partial charge in [-0.25, -0.2) is 5.43 Å². The van der Waals surface area contributed by atoms with Gasteiger partial charge in [0, 0.05) is 18.8 Å². The Morgan fingerprint density at radius 1 is 1.44 bits per heavy atom. The topological polar surface area (TPSA) is 50.1 Å². The third-order valence-electron chi connectivity index (χ3n) is 0.741. The normalized spacial score (nSPS) is 12.4. The van der Waals surface area contributed by atoms with Crippen LogP contribution in [0.25, 0.3) is 0 Å². The van der Waals surface area contributed by atoms with Gasteiger partial charge in [-0.2, -0.15) is 0 Å². The van der Waals surface area contributed by atoms with E-state index in [9.17, 15) is 0 Å². The molecule has 0 aliphatic rings.